The summed E-state index contributed by atoms with van der Waals surface area (Å²) in [6, 6.07) is 3.13. The van der Waals surface area contributed by atoms with Gasteiger partial charge in [-0.3, -0.25) is 0 Å². The third-order valence-corrected chi connectivity index (χ3v) is 2.85. The highest BCUT2D eigenvalue weighted by atomic mass is 16.7. The van der Waals surface area contributed by atoms with E-state index < -0.39 is 36.7 Å². The molecule has 4 N–H and O–H groups in total. The molecule has 0 unspecified atom stereocenters. The molecular weight excluding hydrogens is 242 g/mol. The Labute approximate surface area is 103 Å². The lowest BCUT2D eigenvalue weighted by Crippen LogP contribution is -2.57. The van der Waals surface area contributed by atoms with Gasteiger partial charge in [0.25, 0.3) is 0 Å². The number of H-pyrrole nitrogens is 1. The molecule has 0 spiro atoms. The Balaban J connectivity index is 2.03. The maximum absolute atomic E-state index is 11.6. The summed E-state index contributed by atoms with van der Waals surface area (Å²) >= 11 is 0. The van der Waals surface area contributed by atoms with Crippen molar-refractivity contribution in [3.05, 3.63) is 24.0 Å². The van der Waals surface area contributed by atoms with Crippen molar-refractivity contribution in [1.29, 1.82) is 0 Å². The van der Waals surface area contributed by atoms with Crippen LogP contribution in [0.5, 0.6) is 0 Å². The van der Waals surface area contributed by atoms with E-state index in [-0.39, 0.29) is 5.69 Å². The Kier molecular flexibility index (Phi) is 3.67. The van der Waals surface area contributed by atoms with E-state index in [1.54, 1.807) is 12.3 Å². The fraction of sp³-hybridized carbons (Fsp3) is 0.545. The molecule has 0 saturated carbocycles. The standard InChI is InChI=1S/C11H15NO6/c1-5-7(13)8(14)9(15)11(17-5)18-10(16)6-3-2-4-12-6/h2-5,7-9,11-15H,1H3/t5-,7-,8+,9+,11-/m0/s1. The van der Waals surface area contributed by atoms with E-state index in [9.17, 15) is 20.1 Å². The van der Waals surface area contributed by atoms with E-state index in [1.165, 1.54) is 13.0 Å². The summed E-state index contributed by atoms with van der Waals surface area (Å²) < 4.78 is 10.1. The Bertz CT molecular complexity index is 406. The monoisotopic (exact) mass is 257 g/mol. The molecule has 1 aromatic rings. The summed E-state index contributed by atoms with van der Waals surface area (Å²) in [7, 11) is 0. The third kappa shape index (κ3) is 2.39. The molecule has 7 nitrogen and oxygen atoms in total. The summed E-state index contributed by atoms with van der Waals surface area (Å²) in [4.78, 5) is 14.3. The second-order valence-corrected chi connectivity index (χ2v) is 4.17. The van der Waals surface area contributed by atoms with Crippen LogP contribution < -0.4 is 0 Å². The summed E-state index contributed by atoms with van der Waals surface area (Å²) in [5, 5.41) is 28.7. The van der Waals surface area contributed by atoms with E-state index in [4.69, 9.17) is 9.47 Å². The highest BCUT2D eigenvalue weighted by Crippen LogP contribution is 2.22. The van der Waals surface area contributed by atoms with Gasteiger partial charge in [0, 0.05) is 6.20 Å². The van der Waals surface area contributed by atoms with Crippen molar-refractivity contribution in [3.63, 3.8) is 0 Å². The Morgan fingerprint density at radius 3 is 2.67 bits per heavy atom. The van der Waals surface area contributed by atoms with Crippen molar-refractivity contribution < 1.29 is 29.6 Å². The highest BCUT2D eigenvalue weighted by molar-refractivity contribution is 5.87. The van der Waals surface area contributed by atoms with Crippen molar-refractivity contribution in [2.75, 3.05) is 0 Å². The number of aromatic amines is 1. The van der Waals surface area contributed by atoms with Crippen molar-refractivity contribution >= 4 is 5.97 Å². The number of hydrogen-bond acceptors (Lipinski definition) is 6. The van der Waals surface area contributed by atoms with Gasteiger partial charge in [-0.2, -0.15) is 0 Å². The molecule has 0 amide bonds. The van der Waals surface area contributed by atoms with Gasteiger partial charge in [-0.15, -0.1) is 0 Å². The normalized spacial score (nSPS) is 36.3. The van der Waals surface area contributed by atoms with Crippen LogP contribution in [0.3, 0.4) is 0 Å². The number of carbonyl (C=O) groups excluding carboxylic acids is 1. The van der Waals surface area contributed by atoms with Crippen LogP contribution in [-0.2, 0) is 9.47 Å². The van der Waals surface area contributed by atoms with Crippen LogP contribution in [0.25, 0.3) is 0 Å². The number of nitrogens with one attached hydrogen (secondary N) is 1. The zero-order valence-corrected chi connectivity index (χ0v) is 9.69. The predicted octanol–water partition coefficient (Wildman–Crippen LogP) is -1.00. The summed E-state index contributed by atoms with van der Waals surface area (Å²) in [5.74, 6) is -0.708. The maximum atomic E-state index is 11.6. The number of carbonyl (C=O) groups is 1. The molecule has 0 bridgehead atoms. The predicted molar refractivity (Wildman–Crippen MR) is 58.6 cm³/mol. The van der Waals surface area contributed by atoms with Crippen LogP contribution in [0.4, 0.5) is 0 Å². The van der Waals surface area contributed by atoms with Gasteiger partial charge < -0.3 is 29.8 Å². The molecule has 0 radical (unpaired) electrons. The summed E-state index contributed by atoms with van der Waals surface area (Å²) in [6.45, 7) is 1.51. The zero-order chi connectivity index (χ0) is 13.3. The number of ether oxygens (including phenoxy) is 2. The molecule has 5 atom stereocenters. The topological polar surface area (TPSA) is 112 Å². The molecule has 1 saturated heterocycles. The van der Waals surface area contributed by atoms with Gasteiger partial charge in [0.2, 0.25) is 6.29 Å². The van der Waals surface area contributed by atoms with E-state index in [0.29, 0.717) is 0 Å². The lowest BCUT2D eigenvalue weighted by atomic mass is 10.0. The Morgan fingerprint density at radius 2 is 2.06 bits per heavy atom. The van der Waals surface area contributed by atoms with Gasteiger partial charge in [0.15, 0.2) is 0 Å². The second kappa shape index (κ2) is 5.07. The average Bonchev–Trinajstić information content (AvgIpc) is 2.87. The summed E-state index contributed by atoms with van der Waals surface area (Å²) in [5.41, 5.74) is 0.207. The molecule has 1 aliphatic heterocycles. The molecule has 0 aliphatic carbocycles. The minimum atomic E-state index is -1.49. The van der Waals surface area contributed by atoms with Crippen LogP contribution in [0.2, 0.25) is 0 Å². The van der Waals surface area contributed by atoms with E-state index in [1.807, 2.05) is 0 Å². The first-order chi connectivity index (χ1) is 8.50. The quantitative estimate of drug-likeness (QED) is 0.505. The van der Waals surface area contributed by atoms with E-state index >= 15 is 0 Å². The fourth-order valence-electron chi connectivity index (χ4n) is 1.74. The molecular formula is C11H15NO6. The lowest BCUT2D eigenvalue weighted by molar-refractivity contribution is -0.276. The molecule has 18 heavy (non-hydrogen) atoms. The molecule has 0 aromatic carbocycles. The SMILES string of the molecule is C[C@@H]1O[C@@H](OC(=O)c2ccc[nH]2)[C@H](O)[C@H](O)[C@H]1O. The first-order valence-electron chi connectivity index (χ1n) is 5.54. The van der Waals surface area contributed by atoms with Crippen molar-refractivity contribution in [2.45, 2.75) is 37.6 Å². The zero-order valence-electron chi connectivity index (χ0n) is 9.69. The molecule has 7 heteroatoms. The Hall–Kier alpha value is -1.41. The molecule has 1 fully saturated rings. The number of hydrogen-bond donors (Lipinski definition) is 4. The fourth-order valence-corrected chi connectivity index (χ4v) is 1.74. The van der Waals surface area contributed by atoms with Gasteiger partial charge in [-0.05, 0) is 19.1 Å². The van der Waals surface area contributed by atoms with Gasteiger partial charge >= 0.3 is 5.97 Å². The first kappa shape index (κ1) is 13.0. The number of esters is 1. The number of rotatable bonds is 2. The van der Waals surface area contributed by atoms with Gasteiger partial charge in [-0.1, -0.05) is 0 Å². The minimum Gasteiger partial charge on any atom is -0.428 e. The Morgan fingerprint density at radius 1 is 1.33 bits per heavy atom. The van der Waals surface area contributed by atoms with Crippen molar-refractivity contribution in [2.24, 2.45) is 0 Å². The van der Waals surface area contributed by atoms with Crippen molar-refractivity contribution in [1.82, 2.24) is 4.98 Å². The van der Waals surface area contributed by atoms with Gasteiger partial charge in [0.1, 0.15) is 24.0 Å². The second-order valence-electron chi connectivity index (χ2n) is 4.17. The number of aliphatic hydroxyl groups excluding tert-OH is 3. The maximum Gasteiger partial charge on any atom is 0.357 e. The van der Waals surface area contributed by atoms with Crippen molar-refractivity contribution in [3.8, 4) is 0 Å². The number of aromatic nitrogens is 1. The van der Waals surface area contributed by atoms with E-state index in [0.717, 1.165) is 0 Å². The van der Waals surface area contributed by atoms with Crippen LogP contribution in [0, 0.1) is 0 Å². The summed E-state index contributed by atoms with van der Waals surface area (Å²) in [6.07, 6.45) is -4.64. The highest BCUT2D eigenvalue weighted by Gasteiger charge is 2.43. The van der Waals surface area contributed by atoms with Gasteiger partial charge in [0.05, 0.1) is 6.10 Å². The average molecular weight is 257 g/mol. The molecule has 1 aromatic heterocycles. The smallest absolute Gasteiger partial charge is 0.357 e. The molecule has 2 heterocycles. The van der Waals surface area contributed by atoms with Crippen LogP contribution >= 0.6 is 0 Å². The van der Waals surface area contributed by atoms with Crippen LogP contribution in [-0.4, -0.2) is 57.0 Å². The van der Waals surface area contributed by atoms with Crippen LogP contribution in [0.1, 0.15) is 17.4 Å². The molecule has 1 aliphatic rings. The van der Waals surface area contributed by atoms with Gasteiger partial charge in [-0.25, -0.2) is 4.79 Å². The lowest BCUT2D eigenvalue weighted by Gasteiger charge is -2.38. The number of aliphatic hydroxyl groups is 3. The molecule has 100 valence electrons. The first-order valence-corrected chi connectivity index (χ1v) is 5.54. The largest absolute Gasteiger partial charge is 0.428 e. The third-order valence-electron chi connectivity index (χ3n) is 2.85. The van der Waals surface area contributed by atoms with E-state index in [2.05, 4.69) is 4.98 Å². The molecule has 2 rings (SSSR count). The van der Waals surface area contributed by atoms with Crippen LogP contribution in [0.15, 0.2) is 18.3 Å². The minimum absolute atomic E-state index is 0.207.